The van der Waals surface area contributed by atoms with Gasteiger partial charge in [0.2, 0.25) is 5.82 Å². The van der Waals surface area contributed by atoms with E-state index in [9.17, 15) is 4.79 Å². The van der Waals surface area contributed by atoms with Crippen LogP contribution in [0.3, 0.4) is 0 Å². The van der Waals surface area contributed by atoms with Crippen LogP contribution in [-0.2, 0) is 25.9 Å². The molecule has 2 aromatic heterocycles. The molecule has 7 nitrogen and oxygen atoms in total. The van der Waals surface area contributed by atoms with Crippen LogP contribution in [0.15, 0.2) is 83.7 Å². The van der Waals surface area contributed by atoms with Crippen LogP contribution < -0.4 is 5.69 Å². The van der Waals surface area contributed by atoms with Crippen LogP contribution in [0, 0.1) is 5.92 Å². The molecule has 0 saturated heterocycles. The molecule has 0 aliphatic carbocycles. The van der Waals surface area contributed by atoms with Gasteiger partial charge in [-0.15, -0.1) is 10.2 Å². The van der Waals surface area contributed by atoms with E-state index in [-0.39, 0.29) is 5.69 Å². The highest BCUT2D eigenvalue weighted by Crippen LogP contribution is 2.30. The molecule has 194 valence electrons. The lowest BCUT2D eigenvalue weighted by Crippen LogP contribution is -2.26. The summed E-state index contributed by atoms with van der Waals surface area (Å²) in [6.07, 6.45) is 2.48. The van der Waals surface area contributed by atoms with Gasteiger partial charge in [0.15, 0.2) is 0 Å². The maximum absolute atomic E-state index is 13.6. The van der Waals surface area contributed by atoms with Crippen LogP contribution in [0.25, 0.3) is 22.5 Å². The van der Waals surface area contributed by atoms with Gasteiger partial charge in [-0.25, -0.2) is 4.79 Å². The normalized spacial score (nSPS) is 11.4. The van der Waals surface area contributed by atoms with Crippen molar-refractivity contribution >= 4 is 11.6 Å². The fourth-order valence-corrected chi connectivity index (χ4v) is 5.05. The number of nitrogens with zero attached hydrogens (tertiary/aromatic N) is 5. The summed E-state index contributed by atoms with van der Waals surface area (Å²) < 4.78 is 3.57. The lowest BCUT2D eigenvalue weighted by atomic mass is 9.98. The summed E-state index contributed by atoms with van der Waals surface area (Å²) in [5.41, 5.74) is 6.04. The van der Waals surface area contributed by atoms with Crippen LogP contribution in [0.2, 0.25) is 5.15 Å². The second-order valence-corrected chi connectivity index (χ2v) is 10.3. The maximum Gasteiger partial charge on any atom is 0.329 e. The molecule has 0 unspecified atom stereocenters. The third-order valence-corrected chi connectivity index (χ3v) is 7.23. The highest BCUT2D eigenvalue weighted by atomic mass is 35.5. The lowest BCUT2D eigenvalue weighted by Gasteiger charge is -2.11. The molecule has 3 aromatic carbocycles. The number of aromatic amines is 1. The predicted molar refractivity (Wildman–Crippen MR) is 151 cm³/mol. The fourth-order valence-electron chi connectivity index (χ4n) is 4.70. The minimum Gasteiger partial charge on any atom is -0.290 e. The first-order chi connectivity index (χ1) is 18.5. The van der Waals surface area contributed by atoms with Gasteiger partial charge in [-0.1, -0.05) is 104 Å². The highest BCUT2D eigenvalue weighted by Gasteiger charge is 2.19. The minimum atomic E-state index is -0.0591. The standard InChI is InChI=1S/C30H31ClN6O/c1-21(2)12-17-27-28(31)36(19-18-22-8-4-3-5-9-22)30(38)37(27)20-23-13-15-24(16-14-23)25-10-6-7-11-26(25)29-32-34-35-33-29/h3-11,13-16,21H,12,17-20H2,1-2H3,(H,32,33,34,35). The Balaban J connectivity index is 1.42. The van der Waals surface area contributed by atoms with E-state index in [0.29, 0.717) is 30.0 Å². The Morgan fingerprint density at radius 2 is 1.55 bits per heavy atom. The molecule has 0 bridgehead atoms. The Hall–Kier alpha value is -3.97. The Kier molecular flexibility index (Phi) is 7.84. The quantitative estimate of drug-likeness (QED) is 0.241. The van der Waals surface area contributed by atoms with Gasteiger partial charge in [0, 0.05) is 12.1 Å². The third-order valence-electron chi connectivity index (χ3n) is 6.81. The zero-order valence-electron chi connectivity index (χ0n) is 21.6. The molecule has 8 heteroatoms. The van der Waals surface area contributed by atoms with Gasteiger partial charge in [-0.2, -0.15) is 5.21 Å². The average Bonchev–Trinajstić information content (AvgIpc) is 3.55. The van der Waals surface area contributed by atoms with Crippen molar-refractivity contribution in [2.24, 2.45) is 5.92 Å². The zero-order valence-corrected chi connectivity index (χ0v) is 22.4. The van der Waals surface area contributed by atoms with Gasteiger partial charge in [0.1, 0.15) is 5.15 Å². The van der Waals surface area contributed by atoms with Gasteiger partial charge < -0.3 is 0 Å². The number of hydrogen-bond acceptors (Lipinski definition) is 4. The first kappa shape index (κ1) is 25.7. The van der Waals surface area contributed by atoms with Crippen LogP contribution in [0.4, 0.5) is 0 Å². The first-order valence-corrected chi connectivity index (χ1v) is 13.3. The SMILES string of the molecule is CC(C)CCc1c(Cl)n(CCc2ccccc2)c(=O)n1Cc1ccc(-c2ccccc2-c2nn[nH]n2)cc1. The van der Waals surface area contributed by atoms with E-state index < -0.39 is 0 Å². The van der Waals surface area contributed by atoms with Crippen molar-refractivity contribution in [3.63, 3.8) is 0 Å². The Morgan fingerprint density at radius 1 is 0.842 bits per heavy atom. The van der Waals surface area contributed by atoms with E-state index in [0.717, 1.165) is 47.2 Å². The van der Waals surface area contributed by atoms with Crippen molar-refractivity contribution in [3.8, 4) is 22.5 Å². The van der Waals surface area contributed by atoms with Crippen molar-refractivity contribution < 1.29 is 0 Å². The molecule has 0 aliphatic heterocycles. The van der Waals surface area contributed by atoms with Crippen molar-refractivity contribution in [2.75, 3.05) is 0 Å². The number of halogens is 1. The number of nitrogens with one attached hydrogen (secondary N) is 1. The molecule has 0 radical (unpaired) electrons. The molecule has 38 heavy (non-hydrogen) atoms. The number of imidazole rings is 1. The van der Waals surface area contributed by atoms with Gasteiger partial charge >= 0.3 is 5.69 Å². The second kappa shape index (κ2) is 11.6. The Labute approximate surface area is 227 Å². The van der Waals surface area contributed by atoms with E-state index in [1.807, 2.05) is 47.0 Å². The molecule has 0 spiro atoms. The van der Waals surface area contributed by atoms with Gasteiger partial charge in [-0.05, 0) is 52.6 Å². The van der Waals surface area contributed by atoms with E-state index in [4.69, 9.17) is 11.6 Å². The van der Waals surface area contributed by atoms with Crippen LogP contribution in [0.5, 0.6) is 0 Å². The maximum atomic E-state index is 13.6. The number of hydrogen-bond donors (Lipinski definition) is 1. The largest absolute Gasteiger partial charge is 0.329 e. The van der Waals surface area contributed by atoms with Gasteiger partial charge in [0.05, 0.1) is 12.2 Å². The number of aromatic nitrogens is 6. The molecule has 0 fully saturated rings. The predicted octanol–water partition coefficient (Wildman–Crippen LogP) is 6.03. The molecule has 1 N–H and O–H groups in total. The summed E-state index contributed by atoms with van der Waals surface area (Å²) in [6.45, 7) is 5.40. The van der Waals surface area contributed by atoms with Crippen LogP contribution in [-0.4, -0.2) is 29.8 Å². The number of rotatable bonds is 10. The topological polar surface area (TPSA) is 81.4 Å². The number of tetrazole rings is 1. The number of benzene rings is 3. The second-order valence-electron chi connectivity index (χ2n) is 9.90. The van der Waals surface area contributed by atoms with Crippen molar-refractivity contribution in [3.05, 3.63) is 111 Å². The highest BCUT2D eigenvalue weighted by molar-refractivity contribution is 6.30. The van der Waals surface area contributed by atoms with Crippen molar-refractivity contribution in [1.29, 1.82) is 0 Å². The number of aryl methyl sites for hydroxylation is 1. The molecule has 2 heterocycles. The lowest BCUT2D eigenvalue weighted by molar-refractivity contribution is 0.565. The molecular formula is C30H31ClN6O. The summed E-state index contributed by atoms with van der Waals surface area (Å²) in [6, 6.07) is 26.4. The first-order valence-electron chi connectivity index (χ1n) is 12.9. The van der Waals surface area contributed by atoms with Gasteiger partial charge in [0.25, 0.3) is 0 Å². The smallest absolute Gasteiger partial charge is 0.290 e. The summed E-state index contributed by atoms with van der Waals surface area (Å²) >= 11 is 6.84. The molecule has 5 rings (SSSR count). The van der Waals surface area contributed by atoms with Crippen LogP contribution >= 0.6 is 11.6 Å². The summed E-state index contributed by atoms with van der Waals surface area (Å²) in [4.78, 5) is 13.6. The fraction of sp³-hybridized carbons (Fsp3) is 0.267. The number of H-pyrrole nitrogens is 1. The minimum absolute atomic E-state index is 0.0591. The van der Waals surface area contributed by atoms with Gasteiger partial charge in [-0.3, -0.25) is 9.13 Å². The van der Waals surface area contributed by atoms with E-state index in [1.165, 1.54) is 5.56 Å². The molecule has 0 atom stereocenters. The molecule has 0 saturated carbocycles. The molecule has 0 aliphatic rings. The monoisotopic (exact) mass is 526 g/mol. The van der Waals surface area contributed by atoms with E-state index >= 15 is 0 Å². The van der Waals surface area contributed by atoms with Crippen molar-refractivity contribution in [1.82, 2.24) is 29.8 Å². The summed E-state index contributed by atoms with van der Waals surface area (Å²) in [5, 5.41) is 15.0. The van der Waals surface area contributed by atoms with E-state index in [1.54, 1.807) is 4.57 Å². The zero-order chi connectivity index (χ0) is 26.5. The third kappa shape index (κ3) is 5.63. The molecule has 0 amide bonds. The Bertz CT molecular complexity index is 1540. The van der Waals surface area contributed by atoms with Crippen molar-refractivity contribution in [2.45, 2.75) is 46.2 Å². The van der Waals surface area contributed by atoms with E-state index in [2.05, 4.69) is 70.9 Å². The average molecular weight is 527 g/mol. The summed E-state index contributed by atoms with van der Waals surface area (Å²) in [7, 11) is 0. The van der Waals surface area contributed by atoms with Crippen LogP contribution in [0.1, 0.15) is 37.1 Å². The summed E-state index contributed by atoms with van der Waals surface area (Å²) in [5.74, 6) is 1.07. The Morgan fingerprint density at radius 3 is 2.24 bits per heavy atom. The molecule has 5 aromatic rings. The molecular weight excluding hydrogens is 496 g/mol.